The molecule has 118 valence electrons. The lowest BCUT2D eigenvalue weighted by atomic mass is 10.2. The first-order valence-electron chi connectivity index (χ1n) is 7.52. The van der Waals surface area contributed by atoms with Gasteiger partial charge in [0.25, 0.3) is 0 Å². The zero-order valence-electron chi connectivity index (χ0n) is 13.0. The maximum absolute atomic E-state index is 10.3. The molecule has 0 fully saturated rings. The summed E-state index contributed by atoms with van der Waals surface area (Å²) in [6.07, 6.45) is 6.42. The summed E-state index contributed by atoms with van der Waals surface area (Å²) >= 11 is 0. The molecule has 0 aliphatic rings. The summed E-state index contributed by atoms with van der Waals surface area (Å²) in [4.78, 5) is 8.45. The van der Waals surface area contributed by atoms with Crippen LogP contribution in [-0.2, 0) is 6.54 Å². The number of ether oxygens (including phenoxy) is 1. The van der Waals surface area contributed by atoms with Crippen LogP contribution in [0.3, 0.4) is 0 Å². The van der Waals surface area contributed by atoms with Gasteiger partial charge in [-0.3, -0.25) is 4.98 Å². The summed E-state index contributed by atoms with van der Waals surface area (Å²) in [6, 6.07) is 11.6. The van der Waals surface area contributed by atoms with E-state index in [1.165, 1.54) is 0 Å². The third kappa shape index (κ3) is 3.76. The number of para-hydroxylation sites is 1. The fraction of sp³-hybridized carbons (Fsp3) is 0.222. The molecular weight excluding hydrogens is 290 g/mol. The molecule has 0 aliphatic carbocycles. The van der Waals surface area contributed by atoms with E-state index >= 15 is 0 Å². The molecule has 5 nitrogen and oxygen atoms in total. The molecule has 2 aromatic heterocycles. The Morgan fingerprint density at radius 2 is 2.04 bits per heavy atom. The van der Waals surface area contributed by atoms with Gasteiger partial charge in [0.05, 0.1) is 6.54 Å². The maximum atomic E-state index is 10.3. The van der Waals surface area contributed by atoms with Crippen LogP contribution in [0.2, 0.25) is 0 Å². The van der Waals surface area contributed by atoms with Gasteiger partial charge in [-0.15, -0.1) is 0 Å². The molecule has 0 saturated heterocycles. The van der Waals surface area contributed by atoms with Crippen LogP contribution in [0.25, 0.3) is 11.4 Å². The number of rotatable bonds is 6. The predicted octanol–water partition coefficient (Wildman–Crippen LogP) is 2.69. The minimum Gasteiger partial charge on any atom is -0.491 e. The molecule has 0 saturated carbocycles. The predicted molar refractivity (Wildman–Crippen MR) is 88.1 cm³/mol. The van der Waals surface area contributed by atoms with Crippen LogP contribution in [-0.4, -0.2) is 32.4 Å². The Labute approximate surface area is 135 Å². The zero-order valence-corrected chi connectivity index (χ0v) is 13.0. The lowest BCUT2D eigenvalue weighted by Gasteiger charge is -2.15. The van der Waals surface area contributed by atoms with Gasteiger partial charge in [-0.25, -0.2) is 4.98 Å². The van der Waals surface area contributed by atoms with Crippen molar-refractivity contribution in [1.29, 1.82) is 0 Å². The summed E-state index contributed by atoms with van der Waals surface area (Å²) in [5.74, 6) is 1.58. The van der Waals surface area contributed by atoms with E-state index in [0.717, 1.165) is 22.7 Å². The summed E-state index contributed by atoms with van der Waals surface area (Å²) in [5, 5.41) is 10.3. The molecule has 2 heterocycles. The second kappa shape index (κ2) is 7.07. The van der Waals surface area contributed by atoms with Gasteiger partial charge in [0.2, 0.25) is 0 Å². The van der Waals surface area contributed by atoms with Crippen molar-refractivity contribution in [3.63, 3.8) is 0 Å². The van der Waals surface area contributed by atoms with Crippen molar-refractivity contribution in [1.82, 2.24) is 14.5 Å². The second-order valence-electron chi connectivity index (χ2n) is 5.38. The van der Waals surface area contributed by atoms with Gasteiger partial charge in [0.1, 0.15) is 24.3 Å². The maximum Gasteiger partial charge on any atom is 0.141 e. The molecule has 3 rings (SSSR count). The number of imidazole rings is 1. The minimum absolute atomic E-state index is 0.232. The van der Waals surface area contributed by atoms with Crippen molar-refractivity contribution in [2.75, 3.05) is 6.61 Å². The number of aryl methyl sites for hydroxylation is 1. The zero-order chi connectivity index (χ0) is 16.1. The Balaban J connectivity index is 1.64. The molecule has 5 heteroatoms. The van der Waals surface area contributed by atoms with Gasteiger partial charge < -0.3 is 14.4 Å². The summed E-state index contributed by atoms with van der Waals surface area (Å²) < 4.78 is 7.60. The molecule has 0 amide bonds. The largest absolute Gasteiger partial charge is 0.491 e. The van der Waals surface area contributed by atoms with Crippen molar-refractivity contribution in [3.8, 4) is 17.1 Å². The van der Waals surface area contributed by atoms with E-state index in [0.29, 0.717) is 6.54 Å². The monoisotopic (exact) mass is 309 g/mol. The van der Waals surface area contributed by atoms with E-state index in [1.54, 1.807) is 18.6 Å². The van der Waals surface area contributed by atoms with Crippen LogP contribution >= 0.6 is 0 Å². The molecule has 3 aromatic rings. The van der Waals surface area contributed by atoms with Gasteiger partial charge in [-0.1, -0.05) is 18.2 Å². The summed E-state index contributed by atoms with van der Waals surface area (Å²) in [6.45, 7) is 2.63. The topological polar surface area (TPSA) is 60.2 Å². The quantitative estimate of drug-likeness (QED) is 0.760. The summed E-state index contributed by atoms with van der Waals surface area (Å²) in [7, 11) is 0. The van der Waals surface area contributed by atoms with Gasteiger partial charge in [0, 0.05) is 30.4 Å². The van der Waals surface area contributed by atoms with Crippen LogP contribution in [0.1, 0.15) is 5.56 Å². The van der Waals surface area contributed by atoms with Crippen LogP contribution in [0.15, 0.2) is 61.2 Å². The van der Waals surface area contributed by atoms with E-state index in [-0.39, 0.29) is 6.61 Å². The average Bonchev–Trinajstić information content (AvgIpc) is 3.03. The Bertz CT molecular complexity index is 756. The molecule has 1 N–H and O–H groups in total. The first-order valence-corrected chi connectivity index (χ1v) is 7.52. The van der Waals surface area contributed by atoms with E-state index in [9.17, 15) is 5.11 Å². The van der Waals surface area contributed by atoms with Crippen molar-refractivity contribution < 1.29 is 9.84 Å². The number of hydrogen-bond acceptors (Lipinski definition) is 4. The van der Waals surface area contributed by atoms with E-state index in [4.69, 9.17) is 4.74 Å². The third-order valence-corrected chi connectivity index (χ3v) is 3.57. The smallest absolute Gasteiger partial charge is 0.141 e. The van der Waals surface area contributed by atoms with Crippen LogP contribution in [0, 0.1) is 6.92 Å². The van der Waals surface area contributed by atoms with Crippen LogP contribution in [0.4, 0.5) is 0 Å². The molecule has 1 unspecified atom stereocenters. The lowest BCUT2D eigenvalue weighted by Crippen LogP contribution is -2.24. The normalized spacial score (nSPS) is 12.1. The number of nitrogens with zero attached hydrogens (tertiary/aromatic N) is 3. The Kier molecular flexibility index (Phi) is 4.68. The number of hydrogen-bond donors (Lipinski definition) is 1. The van der Waals surface area contributed by atoms with Gasteiger partial charge in [-0.05, 0) is 30.7 Å². The number of aliphatic hydroxyl groups is 1. The third-order valence-electron chi connectivity index (χ3n) is 3.57. The van der Waals surface area contributed by atoms with E-state index in [1.807, 2.05) is 54.1 Å². The highest BCUT2D eigenvalue weighted by atomic mass is 16.5. The Morgan fingerprint density at radius 3 is 2.83 bits per heavy atom. The fourth-order valence-corrected chi connectivity index (χ4v) is 2.40. The number of benzene rings is 1. The Hall–Kier alpha value is -2.66. The van der Waals surface area contributed by atoms with Gasteiger partial charge >= 0.3 is 0 Å². The lowest BCUT2D eigenvalue weighted by molar-refractivity contribution is 0.0925. The first kappa shape index (κ1) is 15.2. The van der Waals surface area contributed by atoms with E-state index in [2.05, 4.69) is 9.97 Å². The molecule has 1 aromatic carbocycles. The standard InChI is InChI=1S/C18H19N3O2/c1-14-5-2-3-7-17(14)23-13-16(22)12-21-10-9-20-18(21)15-6-4-8-19-11-15/h2-11,16,22H,12-13H2,1H3. The van der Waals surface area contributed by atoms with Crippen molar-refractivity contribution in [3.05, 3.63) is 66.7 Å². The summed E-state index contributed by atoms with van der Waals surface area (Å²) in [5.41, 5.74) is 1.97. The number of aromatic nitrogens is 3. The van der Waals surface area contributed by atoms with Crippen molar-refractivity contribution in [2.24, 2.45) is 0 Å². The SMILES string of the molecule is Cc1ccccc1OCC(O)Cn1ccnc1-c1cccnc1. The average molecular weight is 309 g/mol. The highest BCUT2D eigenvalue weighted by Crippen LogP contribution is 2.18. The molecule has 0 radical (unpaired) electrons. The van der Waals surface area contributed by atoms with Crippen LogP contribution < -0.4 is 4.74 Å². The molecule has 0 bridgehead atoms. The highest BCUT2D eigenvalue weighted by molar-refractivity contribution is 5.53. The minimum atomic E-state index is -0.626. The fourth-order valence-electron chi connectivity index (χ4n) is 2.40. The second-order valence-corrected chi connectivity index (χ2v) is 5.38. The van der Waals surface area contributed by atoms with Crippen molar-refractivity contribution >= 4 is 0 Å². The molecular formula is C18H19N3O2. The molecule has 0 spiro atoms. The Morgan fingerprint density at radius 1 is 1.17 bits per heavy atom. The molecule has 1 atom stereocenters. The molecule has 0 aliphatic heterocycles. The number of pyridine rings is 1. The number of aliphatic hydroxyl groups excluding tert-OH is 1. The van der Waals surface area contributed by atoms with Crippen LogP contribution in [0.5, 0.6) is 5.75 Å². The van der Waals surface area contributed by atoms with Crippen molar-refractivity contribution in [2.45, 2.75) is 19.6 Å². The van der Waals surface area contributed by atoms with Gasteiger partial charge in [0.15, 0.2) is 0 Å². The van der Waals surface area contributed by atoms with E-state index < -0.39 is 6.10 Å². The molecule has 23 heavy (non-hydrogen) atoms. The first-order chi connectivity index (χ1) is 11.2. The highest BCUT2D eigenvalue weighted by Gasteiger charge is 2.12. The van der Waals surface area contributed by atoms with Gasteiger partial charge in [-0.2, -0.15) is 0 Å².